The van der Waals surface area contributed by atoms with Gasteiger partial charge in [0.1, 0.15) is 0 Å². The van der Waals surface area contributed by atoms with Gasteiger partial charge in [-0.25, -0.2) is 9.50 Å². The van der Waals surface area contributed by atoms with Crippen molar-refractivity contribution >= 4 is 5.65 Å². The molecule has 4 heteroatoms. The van der Waals surface area contributed by atoms with Crippen LogP contribution in [0.5, 0.6) is 0 Å². The Labute approximate surface area is 88.1 Å². The summed E-state index contributed by atoms with van der Waals surface area (Å²) in [6.07, 6.45) is 5.75. The first kappa shape index (κ1) is 8.85. The lowest BCUT2D eigenvalue weighted by Crippen LogP contribution is -2.10. The Kier molecular flexibility index (Phi) is 1.95. The molecule has 0 bridgehead atoms. The van der Waals surface area contributed by atoms with E-state index in [4.69, 9.17) is 5.73 Å². The fraction of sp³-hybridized carbons (Fsp3) is 0.455. The van der Waals surface area contributed by atoms with Crippen molar-refractivity contribution in [2.24, 2.45) is 5.73 Å². The zero-order valence-corrected chi connectivity index (χ0v) is 8.56. The van der Waals surface area contributed by atoms with E-state index in [9.17, 15) is 0 Å². The SMILES string of the molecule is NCc1ccc2nc(C3CCC3)nn2c1. The van der Waals surface area contributed by atoms with Gasteiger partial charge in [-0.05, 0) is 24.5 Å². The molecule has 78 valence electrons. The number of nitrogens with two attached hydrogens (primary N) is 1. The van der Waals surface area contributed by atoms with Crippen LogP contribution >= 0.6 is 0 Å². The van der Waals surface area contributed by atoms with Crippen LogP contribution in [0.2, 0.25) is 0 Å². The lowest BCUT2D eigenvalue weighted by Gasteiger charge is -2.21. The first-order valence-electron chi connectivity index (χ1n) is 5.42. The Morgan fingerprint density at radius 3 is 2.93 bits per heavy atom. The summed E-state index contributed by atoms with van der Waals surface area (Å²) in [6.45, 7) is 0.550. The van der Waals surface area contributed by atoms with E-state index in [-0.39, 0.29) is 0 Å². The summed E-state index contributed by atoms with van der Waals surface area (Å²) in [6, 6.07) is 3.99. The van der Waals surface area contributed by atoms with Gasteiger partial charge < -0.3 is 5.73 Å². The molecule has 0 radical (unpaired) electrons. The highest BCUT2D eigenvalue weighted by molar-refractivity contribution is 5.39. The van der Waals surface area contributed by atoms with Gasteiger partial charge >= 0.3 is 0 Å². The molecule has 15 heavy (non-hydrogen) atoms. The minimum atomic E-state index is 0.550. The van der Waals surface area contributed by atoms with Crippen molar-refractivity contribution in [2.75, 3.05) is 0 Å². The van der Waals surface area contributed by atoms with Gasteiger partial charge in [0.25, 0.3) is 0 Å². The topological polar surface area (TPSA) is 56.2 Å². The van der Waals surface area contributed by atoms with Crippen LogP contribution in [-0.2, 0) is 6.54 Å². The zero-order chi connectivity index (χ0) is 10.3. The second kappa shape index (κ2) is 3.31. The Balaban J connectivity index is 2.04. The van der Waals surface area contributed by atoms with Gasteiger partial charge in [-0.1, -0.05) is 12.5 Å². The van der Waals surface area contributed by atoms with Crippen molar-refractivity contribution in [3.8, 4) is 0 Å². The molecule has 2 heterocycles. The van der Waals surface area contributed by atoms with Crippen LogP contribution in [0.15, 0.2) is 18.3 Å². The van der Waals surface area contributed by atoms with Crippen molar-refractivity contribution in [2.45, 2.75) is 31.7 Å². The number of pyridine rings is 1. The molecule has 0 saturated heterocycles. The molecular formula is C11H14N4. The summed E-state index contributed by atoms with van der Waals surface area (Å²) in [5.74, 6) is 1.58. The standard InChI is InChI=1S/C11H14N4/c12-6-8-4-5-10-13-11(9-2-1-3-9)14-15(10)7-8/h4-5,7,9H,1-3,6,12H2. The Morgan fingerprint density at radius 2 is 2.27 bits per heavy atom. The van der Waals surface area contributed by atoms with E-state index >= 15 is 0 Å². The molecule has 1 saturated carbocycles. The maximum absolute atomic E-state index is 5.58. The van der Waals surface area contributed by atoms with E-state index in [1.165, 1.54) is 19.3 Å². The molecule has 0 aliphatic heterocycles. The highest BCUT2D eigenvalue weighted by Gasteiger charge is 2.23. The van der Waals surface area contributed by atoms with E-state index in [2.05, 4.69) is 10.1 Å². The normalized spacial score (nSPS) is 16.9. The van der Waals surface area contributed by atoms with E-state index < -0.39 is 0 Å². The molecule has 2 N–H and O–H groups in total. The van der Waals surface area contributed by atoms with Gasteiger partial charge in [-0.3, -0.25) is 0 Å². The summed E-state index contributed by atoms with van der Waals surface area (Å²) < 4.78 is 1.84. The summed E-state index contributed by atoms with van der Waals surface area (Å²) >= 11 is 0. The molecule has 0 aromatic carbocycles. The largest absolute Gasteiger partial charge is 0.326 e. The number of rotatable bonds is 2. The van der Waals surface area contributed by atoms with Gasteiger partial charge in [0, 0.05) is 18.7 Å². The third-order valence-electron chi connectivity index (χ3n) is 3.11. The lowest BCUT2D eigenvalue weighted by molar-refractivity contribution is 0.402. The van der Waals surface area contributed by atoms with Gasteiger partial charge in [0.15, 0.2) is 11.5 Å². The molecule has 0 unspecified atom stereocenters. The average molecular weight is 202 g/mol. The van der Waals surface area contributed by atoms with Crippen molar-refractivity contribution in [1.29, 1.82) is 0 Å². The van der Waals surface area contributed by atoms with Gasteiger partial charge in [0.05, 0.1) is 0 Å². The van der Waals surface area contributed by atoms with Crippen LogP contribution < -0.4 is 5.73 Å². The third kappa shape index (κ3) is 1.41. The van der Waals surface area contributed by atoms with Gasteiger partial charge in [-0.2, -0.15) is 5.10 Å². The van der Waals surface area contributed by atoms with Crippen LogP contribution in [0.3, 0.4) is 0 Å². The van der Waals surface area contributed by atoms with Crippen molar-refractivity contribution < 1.29 is 0 Å². The second-order valence-electron chi connectivity index (χ2n) is 4.14. The zero-order valence-electron chi connectivity index (χ0n) is 8.56. The first-order valence-corrected chi connectivity index (χ1v) is 5.42. The Hall–Kier alpha value is -1.42. The smallest absolute Gasteiger partial charge is 0.155 e. The van der Waals surface area contributed by atoms with Crippen LogP contribution in [0.4, 0.5) is 0 Å². The second-order valence-corrected chi connectivity index (χ2v) is 4.14. The van der Waals surface area contributed by atoms with Gasteiger partial charge in [0.2, 0.25) is 0 Å². The van der Waals surface area contributed by atoms with Crippen LogP contribution in [0.25, 0.3) is 5.65 Å². The quantitative estimate of drug-likeness (QED) is 0.802. The number of nitrogens with zero attached hydrogens (tertiary/aromatic N) is 3. The number of fused-ring (bicyclic) bond motifs is 1. The fourth-order valence-corrected chi connectivity index (χ4v) is 1.90. The van der Waals surface area contributed by atoms with Crippen LogP contribution in [0, 0.1) is 0 Å². The van der Waals surface area contributed by atoms with E-state index in [0.717, 1.165) is 17.0 Å². The number of hydrogen-bond donors (Lipinski definition) is 1. The minimum Gasteiger partial charge on any atom is -0.326 e. The Bertz CT molecular complexity index is 484. The highest BCUT2D eigenvalue weighted by Crippen LogP contribution is 2.34. The molecule has 1 fully saturated rings. The fourth-order valence-electron chi connectivity index (χ4n) is 1.90. The molecule has 3 rings (SSSR count). The van der Waals surface area contributed by atoms with Crippen molar-refractivity contribution in [1.82, 2.24) is 14.6 Å². The predicted octanol–water partition coefficient (Wildman–Crippen LogP) is 1.46. The number of aromatic nitrogens is 3. The molecule has 1 aliphatic carbocycles. The van der Waals surface area contributed by atoms with E-state index in [1.54, 1.807) is 0 Å². The number of hydrogen-bond acceptors (Lipinski definition) is 3. The van der Waals surface area contributed by atoms with Crippen LogP contribution in [-0.4, -0.2) is 14.6 Å². The van der Waals surface area contributed by atoms with E-state index in [0.29, 0.717) is 12.5 Å². The van der Waals surface area contributed by atoms with E-state index in [1.807, 2.05) is 22.8 Å². The summed E-state index contributed by atoms with van der Waals surface area (Å²) in [7, 11) is 0. The molecule has 0 spiro atoms. The maximum atomic E-state index is 5.58. The average Bonchev–Trinajstić information content (AvgIpc) is 2.56. The molecular weight excluding hydrogens is 188 g/mol. The molecule has 2 aromatic heterocycles. The summed E-state index contributed by atoms with van der Waals surface area (Å²) in [4.78, 5) is 4.52. The third-order valence-corrected chi connectivity index (χ3v) is 3.11. The molecule has 2 aromatic rings. The van der Waals surface area contributed by atoms with Crippen molar-refractivity contribution in [3.63, 3.8) is 0 Å². The molecule has 0 atom stereocenters. The monoisotopic (exact) mass is 202 g/mol. The molecule has 4 nitrogen and oxygen atoms in total. The lowest BCUT2D eigenvalue weighted by atomic mass is 9.85. The highest BCUT2D eigenvalue weighted by atomic mass is 15.3. The molecule has 0 amide bonds. The minimum absolute atomic E-state index is 0.550. The Morgan fingerprint density at radius 1 is 1.40 bits per heavy atom. The maximum Gasteiger partial charge on any atom is 0.155 e. The summed E-state index contributed by atoms with van der Waals surface area (Å²) in [5, 5.41) is 4.49. The predicted molar refractivity (Wildman–Crippen MR) is 57.5 cm³/mol. The summed E-state index contributed by atoms with van der Waals surface area (Å²) in [5.41, 5.74) is 7.60. The van der Waals surface area contributed by atoms with Gasteiger partial charge in [-0.15, -0.1) is 0 Å². The van der Waals surface area contributed by atoms with Crippen LogP contribution in [0.1, 0.15) is 36.6 Å². The molecule has 1 aliphatic rings. The first-order chi connectivity index (χ1) is 7.36. The van der Waals surface area contributed by atoms with Crippen molar-refractivity contribution in [3.05, 3.63) is 29.7 Å².